The fourth-order valence-corrected chi connectivity index (χ4v) is 7.06. The van der Waals surface area contributed by atoms with Crippen LogP contribution in [0.4, 0.5) is 5.69 Å². The van der Waals surface area contributed by atoms with Gasteiger partial charge in [-0.05, 0) is 59.7 Å². The van der Waals surface area contributed by atoms with Crippen molar-refractivity contribution in [3.8, 4) is 28.4 Å². The van der Waals surface area contributed by atoms with Crippen LogP contribution in [0.5, 0.6) is 17.2 Å². The van der Waals surface area contributed by atoms with Crippen LogP contribution >= 0.6 is 0 Å². The summed E-state index contributed by atoms with van der Waals surface area (Å²) in [7, 11) is 4.70. The Kier molecular flexibility index (Phi) is 8.86. The summed E-state index contributed by atoms with van der Waals surface area (Å²) in [5.74, 6) is 1.11. The number of amides is 2. The first-order chi connectivity index (χ1) is 22.6. The highest BCUT2D eigenvalue weighted by molar-refractivity contribution is 5.89. The van der Waals surface area contributed by atoms with Crippen LogP contribution in [-0.2, 0) is 29.0 Å². The van der Waals surface area contributed by atoms with E-state index in [-0.39, 0.29) is 23.2 Å². The lowest BCUT2D eigenvalue weighted by atomic mass is 9.95. The van der Waals surface area contributed by atoms with Crippen molar-refractivity contribution in [2.24, 2.45) is 5.92 Å². The molecule has 4 aromatic rings. The second kappa shape index (κ2) is 13.0. The second-order valence-electron chi connectivity index (χ2n) is 12.6. The number of rotatable bonds is 8. The zero-order valence-electron chi connectivity index (χ0n) is 27.8. The van der Waals surface area contributed by atoms with E-state index in [4.69, 9.17) is 14.2 Å². The Balaban J connectivity index is 1.40. The molecule has 3 aromatic carbocycles. The van der Waals surface area contributed by atoms with Crippen LogP contribution in [-0.4, -0.2) is 55.6 Å². The fraction of sp³-hybridized carbons (Fsp3) is 0.378. The third-order valence-corrected chi connectivity index (χ3v) is 9.35. The molecule has 1 aliphatic heterocycles. The molecule has 246 valence electrons. The highest BCUT2D eigenvalue weighted by Gasteiger charge is 2.33. The number of methoxy groups -OCH3 is 3. The Bertz CT molecular complexity index is 1920. The van der Waals surface area contributed by atoms with Gasteiger partial charge in [-0.15, -0.1) is 0 Å². The quantitative estimate of drug-likeness (QED) is 0.237. The van der Waals surface area contributed by atoms with Crippen LogP contribution < -0.4 is 30.3 Å². The van der Waals surface area contributed by atoms with Gasteiger partial charge in [-0.3, -0.25) is 14.4 Å². The lowest BCUT2D eigenvalue weighted by Gasteiger charge is -2.32. The minimum atomic E-state index is -0.631. The predicted octanol–water partition coefficient (Wildman–Crippen LogP) is 5.37. The topological polar surface area (TPSA) is 122 Å². The molecule has 2 atom stereocenters. The average molecular weight is 639 g/mol. The Morgan fingerprint density at radius 3 is 2.45 bits per heavy atom. The molecule has 1 aromatic heterocycles. The van der Waals surface area contributed by atoms with Crippen LogP contribution in [0.1, 0.15) is 55.6 Å². The van der Waals surface area contributed by atoms with Crippen molar-refractivity contribution in [2.45, 2.75) is 58.7 Å². The summed E-state index contributed by atoms with van der Waals surface area (Å²) in [5, 5.41) is 7.50. The molecule has 0 saturated carbocycles. The molecule has 47 heavy (non-hydrogen) atoms. The van der Waals surface area contributed by atoms with Gasteiger partial charge in [0.2, 0.25) is 23.0 Å². The summed E-state index contributed by atoms with van der Waals surface area (Å²) < 4.78 is 17.2. The maximum Gasteiger partial charge on any atom is 0.245 e. The Hall–Kier alpha value is -4.99. The number of nitrogens with one attached hydrogen (secondary N) is 3. The smallest absolute Gasteiger partial charge is 0.245 e. The third kappa shape index (κ3) is 5.88. The number of fused-ring (bicyclic) bond motifs is 6. The summed E-state index contributed by atoms with van der Waals surface area (Å²) in [4.78, 5) is 45.8. The van der Waals surface area contributed by atoms with Gasteiger partial charge in [0.1, 0.15) is 6.04 Å². The molecule has 10 nitrogen and oxygen atoms in total. The first-order valence-corrected chi connectivity index (χ1v) is 16.1. The largest absolute Gasteiger partial charge is 0.493 e. The Morgan fingerprint density at radius 2 is 1.74 bits per heavy atom. The molecule has 3 N–H and O–H groups in total. The second-order valence-corrected chi connectivity index (χ2v) is 12.6. The van der Waals surface area contributed by atoms with E-state index in [1.807, 2.05) is 43.0 Å². The normalized spacial score (nSPS) is 16.0. The van der Waals surface area contributed by atoms with Gasteiger partial charge in [0.25, 0.3) is 0 Å². The molecule has 0 spiro atoms. The van der Waals surface area contributed by atoms with E-state index in [9.17, 15) is 14.4 Å². The number of anilines is 1. The van der Waals surface area contributed by atoms with Gasteiger partial charge in [-0.25, -0.2) is 0 Å². The number of aromatic nitrogens is 1. The number of hydrogen-bond donors (Lipinski definition) is 3. The molecule has 2 aliphatic rings. The fourth-order valence-electron chi connectivity index (χ4n) is 7.06. The van der Waals surface area contributed by atoms with Crippen LogP contribution in [0.2, 0.25) is 0 Å². The standard InChI is InChI=1S/C37H42N4O6/c1-20(2)34(37(44)41-16-15-29-26(19-41)23-9-7-8-10-27(23)39-29)40-30-14-12-24-25(18-31(30)43)28(38-21(3)42)13-11-22-17-32(45-4)35(46-5)36(47-6)33(22)24/h7-10,12,14,17-18,20,28,34,39H,11,13,15-16,19H2,1-6H3,(H,38,42)(H,40,43). The van der Waals surface area contributed by atoms with Gasteiger partial charge in [0.15, 0.2) is 11.5 Å². The zero-order chi connectivity index (χ0) is 33.4. The molecule has 2 amide bonds. The van der Waals surface area contributed by atoms with E-state index < -0.39 is 12.1 Å². The van der Waals surface area contributed by atoms with Crippen molar-refractivity contribution in [2.75, 3.05) is 33.2 Å². The SMILES string of the molecule is COc1cc2c(c(OC)c1OC)-c1ccc(NC(C(=O)N3CCc4[nH]c5ccccc5c4C3)C(C)C)c(=O)cc1C(NC(C)=O)CC2. The molecule has 2 unspecified atom stereocenters. The molecular weight excluding hydrogens is 596 g/mol. The summed E-state index contributed by atoms with van der Waals surface area (Å²) in [6.07, 6.45) is 1.90. The summed E-state index contributed by atoms with van der Waals surface area (Å²) in [6.45, 7) is 6.52. The van der Waals surface area contributed by atoms with Crippen molar-refractivity contribution in [1.29, 1.82) is 0 Å². The number of aromatic amines is 1. The van der Waals surface area contributed by atoms with Crippen molar-refractivity contribution >= 4 is 28.4 Å². The van der Waals surface area contributed by atoms with Gasteiger partial charge in [-0.1, -0.05) is 38.1 Å². The van der Waals surface area contributed by atoms with E-state index in [1.54, 1.807) is 33.5 Å². The van der Waals surface area contributed by atoms with Crippen LogP contribution in [0.15, 0.2) is 53.3 Å². The monoisotopic (exact) mass is 638 g/mol. The molecule has 0 fully saturated rings. The number of benzene rings is 2. The van der Waals surface area contributed by atoms with Gasteiger partial charge in [0.05, 0.1) is 33.1 Å². The molecule has 6 rings (SSSR count). The number of para-hydroxylation sites is 1. The summed E-state index contributed by atoms with van der Waals surface area (Å²) >= 11 is 0. The highest BCUT2D eigenvalue weighted by atomic mass is 16.5. The molecule has 2 heterocycles. The van der Waals surface area contributed by atoms with Crippen molar-refractivity contribution in [1.82, 2.24) is 15.2 Å². The van der Waals surface area contributed by atoms with Crippen molar-refractivity contribution in [3.05, 3.63) is 81.1 Å². The summed E-state index contributed by atoms with van der Waals surface area (Å²) in [5.41, 5.74) is 6.52. The first kappa shape index (κ1) is 32.0. The van der Waals surface area contributed by atoms with E-state index in [1.165, 1.54) is 12.6 Å². The number of ether oxygens (including phenoxy) is 3. The summed E-state index contributed by atoms with van der Waals surface area (Å²) in [6, 6.07) is 14.2. The molecule has 0 bridgehead atoms. The number of carbonyl (C=O) groups excluding carboxylic acids is 2. The number of H-pyrrole nitrogens is 1. The third-order valence-electron chi connectivity index (χ3n) is 9.35. The Labute approximate surface area is 274 Å². The minimum absolute atomic E-state index is 0.0524. The molecule has 10 heteroatoms. The van der Waals surface area contributed by atoms with Gasteiger partial charge in [0, 0.05) is 54.2 Å². The highest BCUT2D eigenvalue weighted by Crippen LogP contribution is 2.50. The maximum atomic E-state index is 14.1. The van der Waals surface area contributed by atoms with Gasteiger partial charge >= 0.3 is 0 Å². The molecular formula is C37H42N4O6. The number of hydrogen-bond acceptors (Lipinski definition) is 7. The van der Waals surface area contributed by atoms with Gasteiger partial charge < -0.3 is 34.7 Å². The number of aryl methyl sites for hydroxylation is 1. The maximum absolute atomic E-state index is 14.1. The molecule has 0 saturated heterocycles. The van der Waals surface area contributed by atoms with Crippen molar-refractivity contribution in [3.63, 3.8) is 0 Å². The van der Waals surface area contributed by atoms with Gasteiger partial charge in [-0.2, -0.15) is 0 Å². The van der Waals surface area contributed by atoms with Crippen LogP contribution in [0.25, 0.3) is 22.0 Å². The molecule has 0 radical (unpaired) electrons. The van der Waals surface area contributed by atoms with E-state index in [0.717, 1.165) is 39.6 Å². The van der Waals surface area contributed by atoms with Crippen LogP contribution in [0.3, 0.4) is 0 Å². The van der Waals surface area contributed by atoms with E-state index in [0.29, 0.717) is 54.4 Å². The van der Waals surface area contributed by atoms with E-state index in [2.05, 4.69) is 27.8 Å². The average Bonchev–Trinajstić information content (AvgIpc) is 3.27. The number of nitrogens with zero attached hydrogens (tertiary/aromatic N) is 1. The lowest BCUT2D eigenvalue weighted by Crippen LogP contribution is -2.47. The zero-order valence-corrected chi connectivity index (χ0v) is 27.8. The van der Waals surface area contributed by atoms with E-state index >= 15 is 0 Å². The minimum Gasteiger partial charge on any atom is -0.493 e. The van der Waals surface area contributed by atoms with Crippen LogP contribution in [0, 0.1) is 5.92 Å². The number of carbonyl (C=O) groups is 2. The van der Waals surface area contributed by atoms with Crippen molar-refractivity contribution < 1.29 is 23.8 Å². The molecule has 1 aliphatic carbocycles. The first-order valence-electron chi connectivity index (χ1n) is 16.1. The predicted molar refractivity (Wildman–Crippen MR) is 182 cm³/mol. The Morgan fingerprint density at radius 1 is 0.979 bits per heavy atom. The lowest BCUT2D eigenvalue weighted by molar-refractivity contribution is -0.133.